The SMILES string of the molecule is ClC1CC(c2cccs2)=Nc2ccnn21. The van der Waals surface area contributed by atoms with Crippen molar-refractivity contribution in [2.75, 3.05) is 0 Å². The highest BCUT2D eigenvalue weighted by Gasteiger charge is 2.21. The van der Waals surface area contributed by atoms with Crippen LogP contribution in [0.25, 0.3) is 0 Å². The number of aliphatic imine (C=N–C) groups is 1. The van der Waals surface area contributed by atoms with Crippen molar-refractivity contribution in [3.8, 4) is 0 Å². The molecule has 0 radical (unpaired) electrons. The summed E-state index contributed by atoms with van der Waals surface area (Å²) in [5.41, 5.74) is 0.933. The Kier molecular flexibility index (Phi) is 2.11. The van der Waals surface area contributed by atoms with Crippen molar-refractivity contribution in [1.29, 1.82) is 0 Å². The first-order valence-corrected chi connectivity index (χ1v) is 5.95. The normalized spacial score (nSPS) is 19.8. The van der Waals surface area contributed by atoms with E-state index in [9.17, 15) is 0 Å². The second kappa shape index (κ2) is 3.47. The van der Waals surface area contributed by atoms with E-state index in [1.165, 1.54) is 4.88 Å². The minimum Gasteiger partial charge on any atom is -0.232 e. The Bertz CT molecular complexity index is 500. The van der Waals surface area contributed by atoms with Crippen LogP contribution in [0.15, 0.2) is 34.8 Å². The third kappa shape index (κ3) is 1.50. The molecule has 0 fully saturated rings. The molecule has 5 heteroatoms. The van der Waals surface area contributed by atoms with Gasteiger partial charge in [0.25, 0.3) is 0 Å². The number of halogens is 1. The molecule has 15 heavy (non-hydrogen) atoms. The van der Waals surface area contributed by atoms with Gasteiger partial charge in [0.2, 0.25) is 0 Å². The Morgan fingerprint density at radius 1 is 1.47 bits per heavy atom. The van der Waals surface area contributed by atoms with E-state index in [2.05, 4.69) is 16.2 Å². The van der Waals surface area contributed by atoms with Gasteiger partial charge in [-0.05, 0) is 11.4 Å². The van der Waals surface area contributed by atoms with Crippen LogP contribution in [0.1, 0.15) is 16.8 Å². The van der Waals surface area contributed by atoms with Crippen molar-refractivity contribution < 1.29 is 0 Å². The first-order chi connectivity index (χ1) is 7.34. The zero-order valence-electron chi connectivity index (χ0n) is 7.80. The molecule has 2 aromatic heterocycles. The van der Waals surface area contributed by atoms with Crippen LogP contribution in [0.3, 0.4) is 0 Å². The first kappa shape index (κ1) is 9.12. The second-order valence-corrected chi connectivity index (χ2v) is 4.76. The molecule has 0 spiro atoms. The number of nitrogens with zero attached hydrogens (tertiary/aromatic N) is 3. The van der Waals surface area contributed by atoms with Gasteiger partial charge in [0.15, 0.2) is 5.82 Å². The van der Waals surface area contributed by atoms with E-state index in [0.29, 0.717) is 0 Å². The molecule has 3 rings (SSSR count). The zero-order valence-corrected chi connectivity index (χ0v) is 9.37. The van der Waals surface area contributed by atoms with Crippen LogP contribution in [0.5, 0.6) is 0 Å². The standard InChI is InChI=1S/C10H8ClN3S/c11-9-6-7(8-2-1-5-15-8)13-10-3-4-12-14(9)10/h1-5,9H,6H2. The molecule has 1 unspecified atom stereocenters. The van der Waals surface area contributed by atoms with Gasteiger partial charge in [-0.2, -0.15) is 5.10 Å². The number of hydrogen-bond donors (Lipinski definition) is 0. The lowest BCUT2D eigenvalue weighted by molar-refractivity contribution is 0.600. The molecule has 0 bridgehead atoms. The van der Waals surface area contributed by atoms with E-state index in [1.807, 2.05) is 17.5 Å². The van der Waals surface area contributed by atoms with Gasteiger partial charge in [-0.3, -0.25) is 0 Å². The van der Waals surface area contributed by atoms with Crippen LogP contribution < -0.4 is 0 Å². The van der Waals surface area contributed by atoms with Gasteiger partial charge in [-0.15, -0.1) is 11.3 Å². The van der Waals surface area contributed by atoms with Crippen LogP contribution in [-0.4, -0.2) is 15.5 Å². The Balaban J connectivity index is 2.08. The van der Waals surface area contributed by atoms with Crippen molar-refractivity contribution in [3.63, 3.8) is 0 Å². The third-order valence-electron chi connectivity index (χ3n) is 2.33. The molecule has 2 aromatic rings. The monoisotopic (exact) mass is 237 g/mol. The quantitative estimate of drug-likeness (QED) is 0.701. The predicted molar refractivity (Wildman–Crippen MR) is 62.3 cm³/mol. The topological polar surface area (TPSA) is 30.2 Å². The summed E-state index contributed by atoms with van der Waals surface area (Å²) in [4.78, 5) is 5.73. The van der Waals surface area contributed by atoms with E-state index in [1.54, 1.807) is 22.2 Å². The summed E-state index contributed by atoms with van der Waals surface area (Å²) >= 11 is 7.91. The number of aromatic nitrogens is 2. The zero-order chi connectivity index (χ0) is 10.3. The molecule has 0 aliphatic carbocycles. The number of fused-ring (bicyclic) bond motifs is 1. The van der Waals surface area contributed by atoms with Gasteiger partial charge in [0, 0.05) is 17.4 Å². The van der Waals surface area contributed by atoms with Gasteiger partial charge in [0.05, 0.1) is 11.9 Å². The molecule has 1 aliphatic rings. The molecule has 0 aromatic carbocycles. The van der Waals surface area contributed by atoms with Gasteiger partial charge in [-0.25, -0.2) is 9.67 Å². The second-order valence-electron chi connectivity index (χ2n) is 3.31. The summed E-state index contributed by atoms with van der Waals surface area (Å²) in [5, 5.41) is 6.18. The van der Waals surface area contributed by atoms with E-state index in [0.717, 1.165) is 18.0 Å². The average molecular weight is 238 g/mol. The lowest BCUT2D eigenvalue weighted by Crippen LogP contribution is -2.15. The largest absolute Gasteiger partial charge is 0.232 e. The summed E-state index contributed by atoms with van der Waals surface area (Å²) < 4.78 is 1.75. The number of alkyl halides is 1. The maximum absolute atomic E-state index is 6.22. The predicted octanol–water partition coefficient (Wildman–Crippen LogP) is 3.21. The maximum Gasteiger partial charge on any atom is 0.152 e. The van der Waals surface area contributed by atoms with Crippen LogP contribution >= 0.6 is 22.9 Å². The molecule has 76 valence electrons. The van der Waals surface area contributed by atoms with Crippen molar-refractivity contribution in [3.05, 3.63) is 34.7 Å². The van der Waals surface area contributed by atoms with Gasteiger partial charge in [-0.1, -0.05) is 17.7 Å². The van der Waals surface area contributed by atoms with Gasteiger partial charge >= 0.3 is 0 Å². The maximum atomic E-state index is 6.22. The molecule has 1 aliphatic heterocycles. The van der Waals surface area contributed by atoms with E-state index in [-0.39, 0.29) is 5.50 Å². The summed E-state index contributed by atoms with van der Waals surface area (Å²) in [7, 11) is 0. The highest BCUT2D eigenvalue weighted by atomic mass is 35.5. The van der Waals surface area contributed by atoms with Crippen LogP contribution in [0.2, 0.25) is 0 Å². The molecular weight excluding hydrogens is 230 g/mol. The Morgan fingerprint density at radius 2 is 2.40 bits per heavy atom. The Labute approximate surface area is 96.0 Å². The van der Waals surface area contributed by atoms with Crippen LogP contribution in [0.4, 0.5) is 5.82 Å². The van der Waals surface area contributed by atoms with Crippen molar-refractivity contribution in [2.45, 2.75) is 11.9 Å². The average Bonchev–Trinajstić information content (AvgIpc) is 2.88. The number of thiophene rings is 1. The fourth-order valence-electron chi connectivity index (χ4n) is 1.64. The first-order valence-electron chi connectivity index (χ1n) is 4.63. The third-order valence-corrected chi connectivity index (χ3v) is 3.59. The van der Waals surface area contributed by atoms with E-state index < -0.39 is 0 Å². The molecule has 0 amide bonds. The molecule has 1 atom stereocenters. The van der Waals surface area contributed by atoms with Gasteiger partial charge in [0.1, 0.15) is 5.50 Å². The number of rotatable bonds is 1. The van der Waals surface area contributed by atoms with Crippen LogP contribution in [-0.2, 0) is 0 Å². The molecule has 0 N–H and O–H groups in total. The van der Waals surface area contributed by atoms with Crippen molar-refractivity contribution in [2.24, 2.45) is 4.99 Å². The van der Waals surface area contributed by atoms with Crippen molar-refractivity contribution >= 4 is 34.5 Å². The lowest BCUT2D eigenvalue weighted by atomic mass is 10.2. The summed E-state index contributed by atoms with van der Waals surface area (Å²) in [6, 6.07) is 5.97. The Hall–Kier alpha value is -1.13. The molecule has 0 saturated carbocycles. The molecule has 3 heterocycles. The highest BCUT2D eigenvalue weighted by Crippen LogP contribution is 2.31. The smallest absolute Gasteiger partial charge is 0.152 e. The summed E-state index contributed by atoms with van der Waals surface area (Å²) in [5.74, 6) is 0.838. The minimum atomic E-state index is -0.121. The summed E-state index contributed by atoms with van der Waals surface area (Å²) in [6.45, 7) is 0. The number of hydrogen-bond acceptors (Lipinski definition) is 3. The Morgan fingerprint density at radius 3 is 3.20 bits per heavy atom. The van der Waals surface area contributed by atoms with E-state index in [4.69, 9.17) is 11.6 Å². The minimum absolute atomic E-state index is 0.121. The highest BCUT2D eigenvalue weighted by molar-refractivity contribution is 7.12. The van der Waals surface area contributed by atoms with Crippen molar-refractivity contribution in [1.82, 2.24) is 9.78 Å². The van der Waals surface area contributed by atoms with Gasteiger partial charge < -0.3 is 0 Å². The fourth-order valence-corrected chi connectivity index (χ4v) is 2.66. The molecule has 0 saturated heterocycles. The molecule has 3 nitrogen and oxygen atoms in total. The van der Waals surface area contributed by atoms with E-state index >= 15 is 0 Å². The van der Waals surface area contributed by atoms with Crippen LogP contribution in [0, 0.1) is 0 Å². The fraction of sp³-hybridized carbons (Fsp3) is 0.200. The molecular formula is C10H8ClN3S. The lowest BCUT2D eigenvalue weighted by Gasteiger charge is -2.18. The summed E-state index contributed by atoms with van der Waals surface area (Å²) in [6.07, 6.45) is 2.46.